The SMILES string of the molecule is CCc1cc(=O)n2c3ccccc3n(Cc3cccc(Cl)c3)c2n1. The first-order chi connectivity index (χ1) is 11.7. The van der Waals surface area contributed by atoms with E-state index in [1.165, 1.54) is 0 Å². The second kappa shape index (κ2) is 5.80. The van der Waals surface area contributed by atoms with Gasteiger partial charge in [-0.15, -0.1) is 0 Å². The van der Waals surface area contributed by atoms with Crippen LogP contribution in [-0.2, 0) is 13.0 Å². The van der Waals surface area contributed by atoms with Crippen molar-refractivity contribution in [3.8, 4) is 0 Å². The van der Waals surface area contributed by atoms with Crippen LogP contribution < -0.4 is 5.56 Å². The first-order valence-electron chi connectivity index (χ1n) is 7.91. The maximum atomic E-state index is 12.6. The lowest BCUT2D eigenvalue weighted by Gasteiger charge is -2.07. The lowest BCUT2D eigenvalue weighted by Crippen LogP contribution is -2.15. The highest BCUT2D eigenvalue weighted by molar-refractivity contribution is 6.30. The van der Waals surface area contributed by atoms with Crippen molar-refractivity contribution in [2.45, 2.75) is 19.9 Å². The molecule has 24 heavy (non-hydrogen) atoms. The molecule has 0 aliphatic heterocycles. The van der Waals surface area contributed by atoms with E-state index in [1.807, 2.05) is 55.5 Å². The van der Waals surface area contributed by atoms with Crippen LogP contribution in [0, 0.1) is 0 Å². The highest BCUT2D eigenvalue weighted by Crippen LogP contribution is 2.21. The van der Waals surface area contributed by atoms with E-state index in [2.05, 4.69) is 4.57 Å². The van der Waals surface area contributed by atoms with Crippen LogP contribution in [0.15, 0.2) is 59.4 Å². The van der Waals surface area contributed by atoms with Gasteiger partial charge in [-0.25, -0.2) is 9.38 Å². The third-order valence-corrected chi connectivity index (χ3v) is 4.44. The van der Waals surface area contributed by atoms with Gasteiger partial charge in [0.15, 0.2) is 0 Å². The molecule has 2 heterocycles. The van der Waals surface area contributed by atoms with Crippen molar-refractivity contribution in [3.63, 3.8) is 0 Å². The number of aromatic nitrogens is 3. The highest BCUT2D eigenvalue weighted by atomic mass is 35.5. The fourth-order valence-corrected chi connectivity index (χ4v) is 3.28. The first-order valence-corrected chi connectivity index (χ1v) is 8.29. The zero-order chi connectivity index (χ0) is 16.7. The number of nitrogens with zero attached hydrogens (tertiary/aromatic N) is 3. The summed E-state index contributed by atoms with van der Waals surface area (Å²) in [6, 6.07) is 17.2. The standard InChI is InChI=1S/C19H16ClN3O/c1-2-15-11-18(24)23-17-9-4-3-8-16(17)22(19(23)21-15)12-13-6-5-7-14(20)10-13/h3-11H,2,12H2,1H3. The lowest BCUT2D eigenvalue weighted by molar-refractivity contribution is 0.823. The second-order valence-corrected chi connectivity index (χ2v) is 6.22. The zero-order valence-electron chi connectivity index (χ0n) is 13.2. The van der Waals surface area contributed by atoms with Crippen molar-refractivity contribution >= 4 is 28.4 Å². The average Bonchev–Trinajstić information content (AvgIpc) is 2.89. The summed E-state index contributed by atoms with van der Waals surface area (Å²) in [5, 5.41) is 0.702. The topological polar surface area (TPSA) is 39.3 Å². The zero-order valence-corrected chi connectivity index (χ0v) is 14.0. The van der Waals surface area contributed by atoms with Gasteiger partial charge in [-0.1, -0.05) is 42.8 Å². The highest BCUT2D eigenvalue weighted by Gasteiger charge is 2.14. The van der Waals surface area contributed by atoms with E-state index in [9.17, 15) is 4.79 Å². The van der Waals surface area contributed by atoms with Crippen molar-refractivity contribution in [2.24, 2.45) is 0 Å². The molecular weight excluding hydrogens is 322 g/mol. The third kappa shape index (κ3) is 2.39. The van der Waals surface area contributed by atoms with Gasteiger partial charge in [0.1, 0.15) is 0 Å². The number of fused-ring (bicyclic) bond motifs is 3. The molecule has 0 saturated heterocycles. The summed E-state index contributed by atoms with van der Waals surface area (Å²) >= 11 is 6.11. The van der Waals surface area contributed by atoms with Crippen molar-refractivity contribution in [1.29, 1.82) is 0 Å². The first kappa shape index (κ1) is 15.0. The van der Waals surface area contributed by atoms with E-state index in [0.29, 0.717) is 17.3 Å². The minimum absolute atomic E-state index is 0.0436. The Kier molecular flexibility index (Phi) is 3.62. The number of rotatable bonds is 3. The summed E-state index contributed by atoms with van der Waals surface area (Å²) in [5.41, 5.74) is 3.68. The molecule has 5 heteroatoms. The van der Waals surface area contributed by atoms with Gasteiger partial charge in [0.25, 0.3) is 5.56 Å². The van der Waals surface area contributed by atoms with Gasteiger partial charge in [-0.3, -0.25) is 4.79 Å². The van der Waals surface area contributed by atoms with Gasteiger partial charge in [-0.05, 0) is 36.2 Å². The van der Waals surface area contributed by atoms with Crippen molar-refractivity contribution in [2.75, 3.05) is 0 Å². The van der Waals surface area contributed by atoms with Gasteiger partial charge < -0.3 is 4.57 Å². The van der Waals surface area contributed by atoms with E-state index < -0.39 is 0 Å². The van der Waals surface area contributed by atoms with Gasteiger partial charge in [0.05, 0.1) is 17.6 Å². The Morgan fingerprint density at radius 3 is 2.58 bits per heavy atom. The summed E-state index contributed by atoms with van der Waals surface area (Å²) in [5.74, 6) is 0.667. The minimum atomic E-state index is -0.0436. The molecule has 0 spiro atoms. The molecule has 120 valence electrons. The Balaban J connectivity index is 2.04. The molecule has 4 rings (SSSR count). The molecule has 0 radical (unpaired) electrons. The Morgan fingerprint density at radius 2 is 1.83 bits per heavy atom. The molecule has 2 aromatic carbocycles. The van der Waals surface area contributed by atoms with Crippen molar-refractivity contribution in [1.82, 2.24) is 14.0 Å². The molecule has 0 bridgehead atoms. The monoisotopic (exact) mass is 337 g/mol. The van der Waals surface area contributed by atoms with Crippen LogP contribution in [0.2, 0.25) is 5.02 Å². The van der Waals surface area contributed by atoms with Crippen LogP contribution >= 0.6 is 11.6 Å². The van der Waals surface area contributed by atoms with Crippen LogP contribution in [0.5, 0.6) is 0 Å². The summed E-state index contributed by atoms with van der Waals surface area (Å²) in [7, 11) is 0. The Morgan fingerprint density at radius 1 is 1.04 bits per heavy atom. The number of para-hydroxylation sites is 2. The lowest BCUT2D eigenvalue weighted by atomic mass is 10.2. The maximum absolute atomic E-state index is 12.6. The van der Waals surface area contributed by atoms with Crippen LogP contribution in [0.3, 0.4) is 0 Å². The van der Waals surface area contributed by atoms with E-state index in [0.717, 1.165) is 28.7 Å². The molecule has 4 nitrogen and oxygen atoms in total. The molecule has 0 unspecified atom stereocenters. The second-order valence-electron chi connectivity index (χ2n) is 5.78. The molecule has 0 fully saturated rings. The fraction of sp³-hybridized carbons (Fsp3) is 0.158. The van der Waals surface area contributed by atoms with Crippen molar-refractivity contribution < 1.29 is 0 Å². The largest absolute Gasteiger partial charge is 0.305 e. The number of aryl methyl sites for hydroxylation is 1. The fourth-order valence-electron chi connectivity index (χ4n) is 3.07. The van der Waals surface area contributed by atoms with E-state index in [4.69, 9.17) is 16.6 Å². The number of hydrogen-bond donors (Lipinski definition) is 0. The molecule has 0 saturated carbocycles. The number of halogens is 1. The molecule has 0 N–H and O–H groups in total. The third-order valence-electron chi connectivity index (χ3n) is 4.20. The number of hydrogen-bond acceptors (Lipinski definition) is 2. The van der Waals surface area contributed by atoms with Crippen LogP contribution in [-0.4, -0.2) is 14.0 Å². The molecule has 0 atom stereocenters. The molecule has 2 aromatic heterocycles. The minimum Gasteiger partial charge on any atom is -0.305 e. The van der Waals surface area contributed by atoms with Gasteiger partial charge in [-0.2, -0.15) is 0 Å². The predicted molar refractivity (Wildman–Crippen MR) is 96.9 cm³/mol. The Bertz CT molecular complexity index is 1110. The molecule has 0 aliphatic rings. The molecule has 0 amide bonds. The Labute approximate surface area is 143 Å². The molecule has 0 aliphatic carbocycles. The van der Waals surface area contributed by atoms with Gasteiger partial charge in [0.2, 0.25) is 5.78 Å². The van der Waals surface area contributed by atoms with E-state index in [1.54, 1.807) is 10.5 Å². The maximum Gasteiger partial charge on any atom is 0.259 e. The predicted octanol–water partition coefficient (Wildman–Crippen LogP) is 3.91. The summed E-state index contributed by atoms with van der Waals surface area (Å²) in [6.07, 6.45) is 0.727. The molecule has 4 aromatic rings. The summed E-state index contributed by atoms with van der Waals surface area (Å²) in [4.78, 5) is 17.3. The number of imidazole rings is 1. The van der Waals surface area contributed by atoms with Crippen LogP contribution in [0.1, 0.15) is 18.2 Å². The summed E-state index contributed by atoms with van der Waals surface area (Å²) in [6.45, 7) is 2.61. The van der Waals surface area contributed by atoms with E-state index >= 15 is 0 Å². The van der Waals surface area contributed by atoms with E-state index in [-0.39, 0.29) is 5.56 Å². The number of benzene rings is 2. The summed E-state index contributed by atoms with van der Waals surface area (Å²) < 4.78 is 3.75. The average molecular weight is 338 g/mol. The molecular formula is C19H16ClN3O. The van der Waals surface area contributed by atoms with Crippen LogP contribution in [0.25, 0.3) is 16.8 Å². The Hall–Kier alpha value is -2.59. The van der Waals surface area contributed by atoms with Crippen molar-refractivity contribution in [3.05, 3.63) is 81.2 Å². The normalized spacial score (nSPS) is 11.4. The van der Waals surface area contributed by atoms with Crippen LogP contribution in [0.4, 0.5) is 0 Å². The van der Waals surface area contributed by atoms with Gasteiger partial charge >= 0.3 is 0 Å². The quantitative estimate of drug-likeness (QED) is 0.568. The van der Waals surface area contributed by atoms with Gasteiger partial charge in [0, 0.05) is 16.8 Å². The smallest absolute Gasteiger partial charge is 0.259 e.